The molecule has 140 valence electrons. The zero-order chi connectivity index (χ0) is 19.9. The van der Waals surface area contributed by atoms with Crippen molar-refractivity contribution in [2.24, 2.45) is 5.73 Å². The Morgan fingerprint density at radius 1 is 1.00 bits per heavy atom. The second-order valence-electron chi connectivity index (χ2n) is 5.71. The van der Waals surface area contributed by atoms with Crippen molar-refractivity contribution in [3.05, 3.63) is 84.2 Å². The van der Waals surface area contributed by atoms with E-state index in [0.29, 0.717) is 22.4 Å². The van der Waals surface area contributed by atoms with E-state index in [-0.39, 0.29) is 11.4 Å². The Bertz CT molecular complexity index is 1030. The fourth-order valence-electron chi connectivity index (χ4n) is 2.64. The fraction of sp³-hybridized carbons (Fsp3) is 0. The average molecular weight is 375 g/mol. The minimum atomic E-state index is -0.722. The van der Waals surface area contributed by atoms with Crippen LogP contribution in [0.3, 0.4) is 0 Å². The Morgan fingerprint density at radius 2 is 1.71 bits per heavy atom. The standard InChI is InChI=1S/C21H17N3O4/c22-21(26)19-20(28-15-7-2-1-3-8-15)17(12-13-23-19)16-9-5-4-6-14(16)10-11-18(25)24-27/h1-13,27H,(H2,22,26)(H,24,25)/b11-10+. The van der Waals surface area contributed by atoms with Crippen molar-refractivity contribution in [2.75, 3.05) is 0 Å². The average Bonchev–Trinajstić information content (AvgIpc) is 2.73. The van der Waals surface area contributed by atoms with Gasteiger partial charge in [0.05, 0.1) is 0 Å². The number of pyridine rings is 1. The first-order valence-corrected chi connectivity index (χ1v) is 8.33. The van der Waals surface area contributed by atoms with Gasteiger partial charge >= 0.3 is 0 Å². The molecule has 0 aliphatic rings. The Balaban J connectivity index is 2.15. The van der Waals surface area contributed by atoms with Crippen LogP contribution in [-0.4, -0.2) is 22.0 Å². The van der Waals surface area contributed by atoms with Gasteiger partial charge in [-0.25, -0.2) is 10.5 Å². The van der Waals surface area contributed by atoms with Crippen LogP contribution in [0.2, 0.25) is 0 Å². The van der Waals surface area contributed by atoms with E-state index in [9.17, 15) is 9.59 Å². The minimum Gasteiger partial charge on any atom is -0.454 e. The number of hydrogen-bond donors (Lipinski definition) is 3. The second kappa shape index (κ2) is 8.61. The van der Waals surface area contributed by atoms with E-state index in [2.05, 4.69) is 4.98 Å². The number of amides is 2. The molecule has 0 saturated heterocycles. The first-order chi connectivity index (χ1) is 13.6. The summed E-state index contributed by atoms with van der Waals surface area (Å²) < 4.78 is 5.95. The molecule has 0 bridgehead atoms. The van der Waals surface area contributed by atoms with Gasteiger partial charge in [0, 0.05) is 17.8 Å². The van der Waals surface area contributed by atoms with Gasteiger partial charge in [-0.05, 0) is 35.4 Å². The number of ether oxygens (including phenoxy) is 1. The van der Waals surface area contributed by atoms with E-state index in [1.54, 1.807) is 47.9 Å². The Morgan fingerprint density at radius 3 is 2.43 bits per heavy atom. The highest BCUT2D eigenvalue weighted by Gasteiger charge is 2.19. The van der Waals surface area contributed by atoms with E-state index in [1.165, 1.54) is 18.3 Å². The van der Waals surface area contributed by atoms with Crippen molar-refractivity contribution in [1.82, 2.24) is 10.5 Å². The quantitative estimate of drug-likeness (QED) is 0.348. The van der Waals surface area contributed by atoms with Gasteiger partial charge in [0.1, 0.15) is 5.75 Å². The highest BCUT2D eigenvalue weighted by molar-refractivity contribution is 5.97. The second-order valence-corrected chi connectivity index (χ2v) is 5.71. The van der Waals surface area contributed by atoms with Crippen LogP contribution in [0.5, 0.6) is 11.5 Å². The summed E-state index contributed by atoms with van der Waals surface area (Å²) in [5.74, 6) is -0.649. The van der Waals surface area contributed by atoms with Crippen LogP contribution in [0, 0.1) is 0 Å². The van der Waals surface area contributed by atoms with E-state index in [4.69, 9.17) is 15.7 Å². The molecule has 7 nitrogen and oxygen atoms in total. The molecule has 4 N–H and O–H groups in total. The highest BCUT2D eigenvalue weighted by Crippen LogP contribution is 2.37. The molecule has 3 rings (SSSR count). The number of nitrogens with one attached hydrogen (secondary N) is 1. The maximum Gasteiger partial charge on any atom is 0.271 e. The molecule has 0 fully saturated rings. The summed E-state index contributed by atoms with van der Waals surface area (Å²) in [5.41, 5.74) is 8.98. The van der Waals surface area contributed by atoms with E-state index in [0.717, 1.165) is 0 Å². The van der Waals surface area contributed by atoms with Crippen LogP contribution >= 0.6 is 0 Å². The molecule has 1 heterocycles. The number of hydroxylamine groups is 1. The van der Waals surface area contributed by atoms with Crippen LogP contribution in [0.4, 0.5) is 0 Å². The fourth-order valence-corrected chi connectivity index (χ4v) is 2.64. The molecule has 0 aliphatic carbocycles. The molecule has 1 aromatic heterocycles. The third-order valence-corrected chi connectivity index (χ3v) is 3.88. The molecular weight excluding hydrogens is 358 g/mol. The summed E-state index contributed by atoms with van der Waals surface area (Å²) in [4.78, 5) is 27.3. The van der Waals surface area contributed by atoms with Crippen molar-refractivity contribution in [3.8, 4) is 22.6 Å². The van der Waals surface area contributed by atoms with Crippen LogP contribution in [0.15, 0.2) is 72.9 Å². The van der Waals surface area contributed by atoms with Crippen molar-refractivity contribution >= 4 is 17.9 Å². The number of nitrogens with two attached hydrogens (primary N) is 1. The van der Waals surface area contributed by atoms with E-state index >= 15 is 0 Å². The molecule has 3 aromatic rings. The van der Waals surface area contributed by atoms with Crippen LogP contribution in [0.1, 0.15) is 16.1 Å². The number of benzene rings is 2. The lowest BCUT2D eigenvalue weighted by Crippen LogP contribution is -2.15. The van der Waals surface area contributed by atoms with Crippen LogP contribution < -0.4 is 16.0 Å². The topological polar surface area (TPSA) is 115 Å². The number of primary amides is 1. The number of rotatable bonds is 6. The Hall–Kier alpha value is -3.97. The van der Waals surface area contributed by atoms with E-state index < -0.39 is 11.8 Å². The van der Waals surface area contributed by atoms with Crippen molar-refractivity contribution in [2.45, 2.75) is 0 Å². The molecular formula is C21H17N3O4. The Kier molecular flexibility index (Phi) is 5.78. The maximum absolute atomic E-state index is 11.9. The van der Waals surface area contributed by atoms with Gasteiger partial charge in [-0.1, -0.05) is 42.5 Å². The molecule has 2 amide bonds. The summed E-state index contributed by atoms with van der Waals surface area (Å²) >= 11 is 0. The molecule has 0 spiro atoms. The summed E-state index contributed by atoms with van der Waals surface area (Å²) in [6, 6.07) is 17.9. The summed E-state index contributed by atoms with van der Waals surface area (Å²) in [5, 5.41) is 8.67. The first-order valence-electron chi connectivity index (χ1n) is 8.33. The molecule has 2 aromatic carbocycles. The molecule has 7 heteroatoms. The molecule has 0 saturated carbocycles. The van der Waals surface area contributed by atoms with Gasteiger partial charge in [-0.15, -0.1) is 0 Å². The summed E-state index contributed by atoms with van der Waals surface area (Å²) in [6.07, 6.45) is 4.19. The number of nitrogens with zero attached hydrogens (tertiary/aromatic N) is 1. The molecule has 0 radical (unpaired) electrons. The Labute approximate surface area is 161 Å². The van der Waals surface area contributed by atoms with Crippen molar-refractivity contribution in [1.29, 1.82) is 0 Å². The van der Waals surface area contributed by atoms with Gasteiger partial charge in [0.2, 0.25) is 0 Å². The zero-order valence-corrected chi connectivity index (χ0v) is 14.7. The van der Waals surface area contributed by atoms with Crippen molar-refractivity contribution in [3.63, 3.8) is 0 Å². The van der Waals surface area contributed by atoms with Crippen molar-refractivity contribution < 1.29 is 19.5 Å². The lowest BCUT2D eigenvalue weighted by Gasteiger charge is -2.15. The lowest BCUT2D eigenvalue weighted by atomic mass is 9.98. The lowest BCUT2D eigenvalue weighted by molar-refractivity contribution is -0.124. The molecule has 0 aliphatic heterocycles. The summed E-state index contributed by atoms with van der Waals surface area (Å²) in [6.45, 7) is 0. The monoisotopic (exact) mass is 375 g/mol. The number of hydrogen-bond acceptors (Lipinski definition) is 5. The largest absolute Gasteiger partial charge is 0.454 e. The molecule has 28 heavy (non-hydrogen) atoms. The van der Waals surface area contributed by atoms with Gasteiger partial charge in [0.15, 0.2) is 11.4 Å². The van der Waals surface area contributed by atoms with Gasteiger partial charge in [0.25, 0.3) is 11.8 Å². The van der Waals surface area contributed by atoms with Gasteiger partial charge < -0.3 is 10.5 Å². The predicted octanol–water partition coefficient (Wildman–Crippen LogP) is 3.16. The molecule has 0 atom stereocenters. The normalized spacial score (nSPS) is 10.6. The summed E-state index contributed by atoms with van der Waals surface area (Å²) in [7, 11) is 0. The SMILES string of the molecule is NC(=O)c1nccc(-c2ccccc2/C=C/C(=O)NO)c1Oc1ccccc1. The molecule has 0 unspecified atom stereocenters. The number of aromatic nitrogens is 1. The zero-order valence-electron chi connectivity index (χ0n) is 14.7. The number of carbonyl (C=O) groups is 2. The number of para-hydroxylation sites is 1. The first kappa shape index (κ1) is 18.8. The third-order valence-electron chi connectivity index (χ3n) is 3.88. The van der Waals surface area contributed by atoms with Crippen LogP contribution in [-0.2, 0) is 4.79 Å². The smallest absolute Gasteiger partial charge is 0.271 e. The number of carbonyl (C=O) groups excluding carboxylic acids is 2. The van der Waals surface area contributed by atoms with Crippen LogP contribution in [0.25, 0.3) is 17.2 Å². The third kappa shape index (κ3) is 4.22. The van der Waals surface area contributed by atoms with Gasteiger partial charge in [-0.3, -0.25) is 14.8 Å². The minimum absolute atomic E-state index is 0.00626. The predicted molar refractivity (Wildman–Crippen MR) is 104 cm³/mol. The van der Waals surface area contributed by atoms with E-state index in [1.807, 2.05) is 18.2 Å². The maximum atomic E-state index is 11.9. The van der Waals surface area contributed by atoms with Gasteiger partial charge in [-0.2, -0.15) is 0 Å². The highest BCUT2D eigenvalue weighted by atomic mass is 16.5.